The summed E-state index contributed by atoms with van der Waals surface area (Å²) < 4.78 is 11.0. The monoisotopic (exact) mass is 295 g/mol. The van der Waals surface area contributed by atoms with Crippen LogP contribution in [0.15, 0.2) is 19.7 Å². The average molecular weight is 296 g/mol. The molecular formula is C11H10BrN3O2. The van der Waals surface area contributed by atoms with Crippen molar-refractivity contribution >= 4 is 15.9 Å². The Labute approximate surface area is 106 Å². The van der Waals surface area contributed by atoms with E-state index in [0.29, 0.717) is 27.5 Å². The summed E-state index contributed by atoms with van der Waals surface area (Å²) in [5.41, 5.74) is 0.647. The van der Waals surface area contributed by atoms with Crippen molar-refractivity contribution in [1.29, 1.82) is 0 Å². The molecule has 2 saturated carbocycles. The van der Waals surface area contributed by atoms with E-state index in [1.807, 2.05) is 0 Å². The van der Waals surface area contributed by atoms with E-state index in [1.165, 1.54) is 25.7 Å². The van der Waals surface area contributed by atoms with E-state index in [0.717, 1.165) is 5.89 Å². The molecule has 0 amide bonds. The molecule has 2 fully saturated rings. The zero-order valence-electron chi connectivity index (χ0n) is 9.02. The molecule has 2 heterocycles. The van der Waals surface area contributed by atoms with Crippen LogP contribution in [0, 0.1) is 5.41 Å². The molecule has 0 atom stereocenters. The van der Waals surface area contributed by atoms with E-state index >= 15 is 0 Å². The predicted molar refractivity (Wildman–Crippen MR) is 61.1 cm³/mol. The number of aromatic nitrogens is 3. The van der Waals surface area contributed by atoms with E-state index in [9.17, 15) is 0 Å². The van der Waals surface area contributed by atoms with Crippen LogP contribution in [-0.2, 0) is 0 Å². The summed E-state index contributed by atoms with van der Waals surface area (Å²) in [5, 5.41) is 7.66. The lowest BCUT2D eigenvalue weighted by molar-refractivity contribution is 0.192. The fourth-order valence-corrected chi connectivity index (χ4v) is 2.89. The maximum absolute atomic E-state index is 5.29. The van der Waals surface area contributed by atoms with E-state index in [-0.39, 0.29) is 0 Å². The number of nitrogens with zero attached hydrogens (tertiary/aromatic N) is 3. The van der Waals surface area contributed by atoms with Gasteiger partial charge in [0.05, 0.1) is 0 Å². The van der Waals surface area contributed by atoms with Crippen molar-refractivity contribution in [2.24, 2.45) is 5.41 Å². The molecule has 2 aliphatic carbocycles. The maximum Gasteiger partial charge on any atom is 0.241 e. The van der Waals surface area contributed by atoms with Crippen molar-refractivity contribution < 1.29 is 9.05 Å². The van der Waals surface area contributed by atoms with Crippen LogP contribution >= 0.6 is 15.9 Å². The van der Waals surface area contributed by atoms with Gasteiger partial charge in [-0.2, -0.15) is 4.98 Å². The molecule has 4 rings (SSSR count). The highest BCUT2D eigenvalue weighted by Crippen LogP contribution is 2.65. The van der Waals surface area contributed by atoms with Crippen LogP contribution in [0.2, 0.25) is 0 Å². The Morgan fingerprint density at radius 2 is 2.06 bits per heavy atom. The third-order valence-electron chi connectivity index (χ3n) is 3.81. The number of hydrogen-bond donors (Lipinski definition) is 0. The SMILES string of the molecule is Brc1cc(-c2noc(C3CC4(CC4)C3)n2)on1. The molecule has 0 radical (unpaired) electrons. The molecule has 2 aliphatic rings. The van der Waals surface area contributed by atoms with Gasteiger partial charge < -0.3 is 9.05 Å². The smallest absolute Gasteiger partial charge is 0.241 e. The third kappa shape index (κ3) is 1.54. The molecule has 1 spiro atoms. The summed E-state index contributed by atoms with van der Waals surface area (Å²) in [6.07, 6.45) is 5.16. The van der Waals surface area contributed by atoms with Crippen molar-refractivity contribution in [3.05, 3.63) is 16.6 Å². The first-order valence-corrected chi connectivity index (χ1v) is 6.50. The van der Waals surface area contributed by atoms with Gasteiger partial charge in [0, 0.05) is 12.0 Å². The molecule has 0 saturated heterocycles. The van der Waals surface area contributed by atoms with Gasteiger partial charge in [0.1, 0.15) is 4.60 Å². The van der Waals surface area contributed by atoms with Crippen molar-refractivity contribution in [2.45, 2.75) is 31.6 Å². The summed E-state index contributed by atoms with van der Waals surface area (Å²) in [6.45, 7) is 0. The first-order chi connectivity index (χ1) is 8.24. The molecule has 5 nitrogen and oxygen atoms in total. The summed E-state index contributed by atoms with van der Waals surface area (Å²) in [5.74, 6) is 2.21. The lowest BCUT2D eigenvalue weighted by Gasteiger charge is -2.32. The summed E-state index contributed by atoms with van der Waals surface area (Å²) in [6, 6.07) is 1.73. The van der Waals surface area contributed by atoms with Gasteiger partial charge in [-0.3, -0.25) is 0 Å². The molecule has 88 valence electrons. The van der Waals surface area contributed by atoms with Gasteiger partial charge in [-0.05, 0) is 47.0 Å². The Morgan fingerprint density at radius 1 is 1.24 bits per heavy atom. The molecule has 0 aliphatic heterocycles. The van der Waals surface area contributed by atoms with Crippen LogP contribution in [0.3, 0.4) is 0 Å². The number of rotatable bonds is 2. The molecule has 17 heavy (non-hydrogen) atoms. The van der Waals surface area contributed by atoms with E-state index in [4.69, 9.17) is 9.05 Å². The second kappa shape index (κ2) is 3.19. The van der Waals surface area contributed by atoms with Gasteiger partial charge in [-0.1, -0.05) is 10.3 Å². The largest absolute Gasteiger partial charge is 0.352 e. The molecule has 0 bridgehead atoms. The Hall–Kier alpha value is -1.17. The Bertz CT molecular complexity index is 565. The Kier molecular flexibility index (Phi) is 1.84. The molecular weight excluding hydrogens is 286 g/mol. The van der Waals surface area contributed by atoms with Gasteiger partial charge in [0.15, 0.2) is 0 Å². The van der Waals surface area contributed by atoms with Crippen molar-refractivity contribution in [3.8, 4) is 11.6 Å². The molecule has 2 aromatic rings. The Morgan fingerprint density at radius 3 is 2.71 bits per heavy atom. The summed E-state index contributed by atoms with van der Waals surface area (Å²) in [7, 11) is 0. The highest BCUT2D eigenvalue weighted by atomic mass is 79.9. The standard InChI is InChI=1S/C11H10BrN3O2/c12-8-3-7(16-14-8)9-13-10(17-15-9)6-4-11(5-6)1-2-11/h3,6H,1-2,4-5H2. The normalized spacial score (nSPS) is 21.7. The van der Waals surface area contributed by atoms with Gasteiger partial charge in [-0.15, -0.1) is 0 Å². The number of hydrogen-bond acceptors (Lipinski definition) is 5. The summed E-state index contributed by atoms with van der Waals surface area (Å²) >= 11 is 3.22. The zero-order chi connectivity index (χ0) is 11.5. The van der Waals surface area contributed by atoms with Crippen LogP contribution in [0.4, 0.5) is 0 Å². The van der Waals surface area contributed by atoms with Gasteiger partial charge in [0.25, 0.3) is 0 Å². The topological polar surface area (TPSA) is 65.0 Å². The molecule has 0 unspecified atom stereocenters. The van der Waals surface area contributed by atoms with Gasteiger partial charge >= 0.3 is 0 Å². The second-order valence-electron chi connectivity index (χ2n) is 5.08. The van der Waals surface area contributed by atoms with Crippen molar-refractivity contribution in [3.63, 3.8) is 0 Å². The zero-order valence-corrected chi connectivity index (χ0v) is 10.6. The van der Waals surface area contributed by atoms with Gasteiger partial charge in [0.2, 0.25) is 17.5 Å². The Balaban J connectivity index is 1.57. The van der Waals surface area contributed by atoms with Crippen LogP contribution in [0.5, 0.6) is 0 Å². The van der Waals surface area contributed by atoms with Gasteiger partial charge in [-0.25, -0.2) is 0 Å². The second-order valence-corrected chi connectivity index (χ2v) is 5.89. The van der Waals surface area contributed by atoms with Crippen LogP contribution < -0.4 is 0 Å². The van der Waals surface area contributed by atoms with Crippen LogP contribution in [0.1, 0.15) is 37.5 Å². The van der Waals surface area contributed by atoms with E-state index in [1.54, 1.807) is 6.07 Å². The third-order valence-corrected chi connectivity index (χ3v) is 4.18. The average Bonchev–Trinajstić information content (AvgIpc) is 2.72. The highest BCUT2D eigenvalue weighted by molar-refractivity contribution is 9.10. The van der Waals surface area contributed by atoms with E-state index in [2.05, 4.69) is 31.2 Å². The number of halogens is 1. The minimum absolute atomic E-state index is 0.449. The minimum Gasteiger partial charge on any atom is -0.352 e. The van der Waals surface area contributed by atoms with Crippen molar-refractivity contribution in [2.75, 3.05) is 0 Å². The molecule has 6 heteroatoms. The lowest BCUT2D eigenvalue weighted by atomic mass is 9.72. The fourth-order valence-electron chi connectivity index (χ4n) is 2.61. The van der Waals surface area contributed by atoms with Crippen LogP contribution in [-0.4, -0.2) is 15.3 Å². The first kappa shape index (κ1) is 9.82. The fraction of sp³-hybridized carbons (Fsp3) is 0.545. The first-order valence-electron chi connectivity index (χ1n) is 5.70. The predicted octanol–water partition coefficient (Wildman–Crippen LogP) is 3.14. The summed E-state index contributed by atoms with van der Waals surface area (Å²) in [4.78, 5) is 4.38. The lowest BCUT2D eigenvalue weighted by Crippen LogP contribution is -2.23. The maximum atomic E-state index is 5.29. The molecule has 2 aromatic heterocycles. The van der Waals surface area contributed by atoms with Crippen LogP contribution in [0.25, 0.3) is 11.6 Å². The van der Waals surface area contributed by atoms with Crippen molar-refractivity contribution in [1.82, 2.24) is 15.3 Å². The molecule has 0 N–H and O–H groups in total. The molecule has 0 aromatic carbocycles. The quantitative estimate of drug-likeness (QED) is 0.851. The highest BCUT2D eigenvalue weighted by Gasteiger charge is 2.54. The minimum atomic E-state index is 0.449. The van der Waals surface area contributed by atoms with E-state index < -0.39 is 0 Å².